The zero-order chi connectivity index (χ0) is 25.6. The first-order chi connectivity index (χ1) is 18.1. The van der Waals surface area contributed by atoms with Gasteiger partial charge in [0.25, 0.3) is 11.8 Å². The van der Waals surface area contributed by atoms with Crippen molar-refractivity contribution in [3.63, 3.8) is 0 Å². The van der Waals surface area contributed by atoms with E-state index in [4.69, 9.17) is 4.74 Å². The molecule has 37 heavy (non-hydrogen) atoms. The van der Waals surface area contributed by atoms with Crippen LogP contribution in [0, 0.1) is 0 Å². The number of amides is 3. The molecule has 10 heteroatoms. The second kappa shape index (κ2) is 11.3. The maximum atomic E-state index is 12.9. The minimum atomic E-state index is -0.484. The molecule has 0 atom stereocenters. The highest BCUT2D eigenvalue weighted by Crippen LogP contribution is 2.31. The molecule has 1 fully saturated rings. The van der Waals surface area contributed by atoms with Gasteiger partial charge in [0.1, 0.15) is 11.4 Å². The van der Waals surface area contributed by atoms with Crippen LogP contribution in [0.4, 0.5) is 0 Å². The maximum Gasteiger partial charge on any atom is 0.289 e. The van der Waals surface area contributed by atoms with E-state index in [0.717, 1.165) is 34.3 Å². The molecular weight excluding hydrogens is 490 g/mol. The van der Waals surface area contributed by atoms with Gasteiger partial charge in [-0.25, -0.2) is 4.98 Å². The van der Waals surface area contributed by atoms with Crippen molar-refractivity contribution in [1.82, 2.24) is 25.7 Å². The number of hydrogen-bond acceptors (Lipinski definition) is 6. The molecule has 0 radical (unpaired) electrons. The van der Waals surface area contributed by atoms with E-state index in [0.29, 0.717) is 25.3 Å². The lowest BCUT2D eigenvalue weighted by atomic mass is 9.97. The SMILES string of the molecule is O=C(COc1ccccc1)NNC(=O)c1csc(C2CCN(C(=O)Cc3c[nH]c4ccccc34)CC2)n1. The van der Waals surface area contributed by atoms with Crippen molar-refractivity contribution in [3.8, 4) is 5.75 Å². The first-order valence-corrected chi connectivity index (χ1v) is 13.0. The Labute approximate surface area is 217 Å². The van der Waals surface area contributed by atoms with Crippen molar-refractivity contribution in [1.29, 1.82) is 0 Å². The number of piperidine rings is 1. The molecule has 1 aliphatic rings. The molecule has 4 aromatic rings. The van der Waals surface area contributed by atoms with Crippen LogP contribution in [0.3, 0.4) is 0 Å². The van der Waals surface area contributed by atoms with Gasteiger partial charge in [0.2, 0.25) is 5.91 Å². The molecule has 2 aromatic carbocycles. The molecule has 0 aliphatic carbocycles. The number of nitrogens with zero attached hydrogens (tertiary/aromatic N) is 2. The molecule has 1 aliphatic heterocycles. The Hall–Kier alpha value is -4.18. The van der Waals surface area contributed by atoms with Crippen molar-refractivity contribution in [2.75, 3.05) is 19.7 Å². The number of hydrogen-bond donors (Lipinski definition) is 3. The number of aromatic nitrogens is 2. The highest BCUT2D eigenvalue weighted by Gasteiger charge is 2.27. The fourth-order valence-electron chi connectivity index (χ4n) is 4.40. The topological polar surface area (TPSA) is 116 Å². The first kappa shape index (κ1) is 24.5. The molecule has 0 unspecified atom stereocenters. The molecule has 3 amide bonds. The van der Waals surface area contributed by atoms with Crippen molar-refractivity contribution >= 4 is 40.0 Å². The van der Waals surface area contributed by atoms with Gasteiger partial charge < -0.3 is 14.6 Å². The molecule has 0 spiro atoms. The number of hydrazine groups is 1. The lowest BCUT2D eigenvalue weighted by Gasteiger charge is -2.31. The van der Waals surface area contributed by atoms with Gasteiger partial charge in [-0.15, -0.1) is 11.3 Å². The fourth-order valence-corrected chi connectivity index (χ4v) is 5.37. The van der Waals surface area contributed by atoms with Crippen LogP contribution in [0.15, 0.2) is 66.2 Å². The van der Waals surface area contributed by atoms with E-state index in [1.165, 1.54) is 11.3 Å². The summed E-state index contributed by atoms with van der Waals surface area (Å²) in [4.78, 5) is 46.9. The van der Waals surface area contributed by atoms with Gasteiger partial charge in [-0.2, -0.15) is 0 Å². The molecular formula is C27H27N5O4S. The summed E-state index contributed by atoms with van der Waals surface area (Å²) in [5.41, 5.74) is 7.02. The summed E-state index contributed by atoms with van der Waals surface area (Å²) in [5.74, 6) is -0.0787. The number of likely N-dealkylation sites (tertiary alicyclic amines) is 1. The van der Waals surface area contributed by atoms with Crippen LogP contribution in [-0.2, 0) is 16.0 Å². The number of carbonyl (C=O) groups excluding carboxylic acids is 3. The van der Waals surface area contributed by atoms with Crippen LogP contribution in [0.1, 0.15) is 39.8 Å². The van der Waals surface area contributed by atoms with Crippen LogP contribution in [0.2, 0.25) is 0 Å². The summed E-state index contributed by atoms with van der Waals surface area (Å²) in [5, 5.41) is 3.64. The average molecular weight is 518 g/mol. The second-order valence-corrected chi connectivity index (χ2v) is 9.76. The lowest BCUT2D eigenvalue weighted by Crippen LogP contribution is -2.44. The van der Waals surface area contributed by atoms with Gasteiger partial charge in [0.15, 0.2) is 6.61 Å². The van der Waals surface area contributed by atoms with E-state index in [1.807, 2.05) is 53.6 Å². The number of benzene rings is 2. The maximum absolute atomic E-state index is 12.9. The Bertz CT molecular complexity index is 1390. The van der Waals surface area contributed by atoms with E-state index in [2.05, 4.69) is 20.8 Å². The number of rotatable bonds is 7. The zero-order valence-corrected chi connectivity index (χ0v) is 20.9. The standard InChI is InChI=1S/C27H27N5O4S/c33-24(16-36-20-6-2-1-3-7-20)30-31-26(35)23-17-37-27(29-23)18-10-12-32(13-11-18)25(34)14-19-15-28-22-9-5-4-8-21(19)22/h1-9,15,17-18,28H,10-14,16H2,(H,30,33)(H,31,35). The molecule has 3 N–H and O–H groups in total. The van der Waals surface area contributed by atoms with Gasteiger partial charge in [-0.05, 0) is 36.6 Å². The van der Waals surface area contributed by atoms with Gasteiger partial charge >= 0.3 is 0 Å². The summed E-state index contributed by atoms with van der Waals surface area (Å²) in [7, 11) is 0. The molecule has 190 valence electrons. The minimum absolute atomic E-state index is 0.120. The fraction of sp³-hybridized carbons (Fsp3) is 0.259. The van der Waals surface area contributed by atoms with Gasteiger partial charge in [-0.3, -0.25) is 25.2 Å². The Morgan fingerprint density at radius 3 is 2.59 bits per heavy atom. The average Bonchev–Trinajstić information content (AvgIpc) is 3.59. The van der Waals surface area contributed by atoms with Crippen molar-refractivity contribution in [2.24, 2.45) is 0 Å². The number of fused-ring (bicyclic) bond motifs is 1. The largest absolute Gasteiger partial charge is 0.484 e. The van der Waals surface area contributed by atoms with Crippen LogP contribution < -0.4 is 15.6 Å². The van der Waals surface area contributed by atoms with Gasteiger partial charge in [-0.1, -0.05) is 36.4 Å². The summed E-state index contributed by atoms with van der Waals surface area (Å²) in [6.45, 7) is 1.10. The first-order valence-electron chi connectivity index (χ1n) is 12.1. The zero-order valence-electron chi connectivity index (χ0n) is 20.1. The van der Waals surface area contributed by atoms with Crippen molar-refractivity contribution in [3.05, 3.63) is 82.4 Å². The quantitative estimate of drug-likeness (QED) is 0.325. The molecule has 2 aromatic heterocycles. The number of carbonyl (C=O) groups is 3. The summed E-state index contributed by atoms with van der Waals surface area (Å²) in [6, 6.07) is 16.9. The van der Waals surface area contributed by atoms with Crippen LogP contribution >= 0.6 is 11.3 Å². The Morgan fingerprint density at radius 2 is 1.78 bits per heavy atom. The second-order valence-electron chi connectivity index (χ2n) is 8.87. The molecule has 3 heterocycles. The Balaban J connectivity index is 1.07. The summed E-state index contributed by atoms with van der Waals surface area (Å²) in [6.07, 6.45) is 3.87. The number of thiazole rings is 1. The van der Waals surface area contributed by atoms with Crippen molar-refractivity contribution < 1.29 is 19.1 Å². The van der Waals surface area contributed by atoms with Crippen LogP contribution in [0.25, 0.3) is 10.9 Å². The van der Waals surface area contributed by atoms with E-state index in [9.17, 15) is 14.4 Å². The molecule has 0 bridgehead atoms. The predicted molar refractivity (Wildman–Crippen MR) is 140 cm³/mol. The van der Waals surface area contributed by atoms with Crippen molar-refractivity contribution in [2.45, 2.75) is 25.2 Å². The number of para-hydroxylation sites is 2. The number of ether oxygens (including phenoxy) is 1. The van der Waals surface area contributed by atoms with E-state index in [1.54, 1.807) is 17.5 Å². The van der Waals surface area contributed by atoms with E-state index in [-0.39, 0.29) is 24.1 Å². The predicted octanol–water partition coefficient (Wildman–Crippen LogP) is 3.41. The van der Waals surface area contributed by atoms with E-state index >= 15 is 0 Å². The van der Waals surface area contributed by atoms with Crippen LogP contribution in [-0.4, -0.2) is 52.3 Å². The van der Waals surface area contributed by atoms with Gasteiger partial charge in [0, 0.05) is 41.5 Å². The Kier molecular flexibility index (Phi) is 7.46. The monoisotopic (exact) mass is 517 g/mol. The third-order valence-corrected chi connectivity index (χ3v) is 7.40. The van der Waals surface area contributed by atoms with E-state index < -0.39 is 11.8 Å². The van der Waals surface area contributed by atoms with Crippen LogP contribution in [0.5, 0.6) is 5.75 Å². The molecule has 1 saturated heterocycles. The lowest BCUT2D eigenvalue weighted by molar-refractivity contribution is -0.131. The normalized spacial score (nSPS) is 13.9. The highest BCUT2D eigenvalue weighted by molar-refractivity contribution is 7.09. The minimum Gasteiger partial charge on any atom is -0.484 e. The van der Waals surface area contributed by atoms with Gasteiger partial charge in [0.05, 0.1) is 11.4 Å². The summed E-state index contributed by atoms with van der Waals surface area (Å²) < 4.78 is 5.36. The third kappa shape index (κ3) is 5.97. The Morgan fingerprint density at radius 1 is 1.03 bits per heavy atom. The molecule has 5 rings (SSSR count). The molecule has 9 nitrogen and oxygen atoms in total. The molecule has 0 saturated carbocycles. The summed E-state index contributed by atoms with van der Waals surface area (Å²) >= 11 is 1.42. The number of H-pyrrole nitrogens is 1. The highest BCUT2D eigenvalue weighted by atomic mass is 32.1. The smallest absolute Gasteiger partial charge is 0.289 e. The number of aromatic amines is 1. The number of nitrogens with one attached hydrogen (secondary N) is 3. The third-order valence-electron chi connectivity index (χ3n) is 6.40.